The van der Waals surface area contributed by atoms with Crippen LogP contribution < -0.4 is 10.1 Å². The summed E-state index contributed by atoms with van der Waals surface area (Å²) in [7, 11) is 1.70. The number of allylic oxidation sites excluding steroid dienone is 1. The Labute approximate surface area is 178 Å². The van der Waals surface area contributed by atoms with E-state index >= 15 is 0 Å². The predicted molar refractivity (Wildman–Crippen MR) is 118 cm³/mol. The smallest absolute Gasteiger partial charge is 0.405 e. The molecule has 0 heterocycles. The fourth-order valence-corrected chi connectivity index (χ4v) is 3.06. The molecule has 0 spiro atoms. The van der Waals surface area contributed by atoms with Gasteiger partial charge in [-0.15, -0.1) is 6.58 Å². The molecule has 0 radical (unpaired) electrons. The molecule has 30 heavy (non-hydrogen) atoms. The number of hydrogen-bond donors (Lipinski definition) is 2. The van der Waals surface area contributed by atoms with Gasteiger partial charge in [-0.05, 0) is 42.5 Å². The summed E-state index contributed by atoms with van der Waals surface area (Å²) < 4.78 is 5.77. The standard InChI is InChI=1S/C24H30N2O4/c1-3-4-5-9-16-26(2)23(27)22(25-24(28)29)17-19-12-14-21(15-13-19)30-18-20-10-7-6-8-11-20/h3,6-8,10-15,22,25H,1,4-5,9,16-18H2,2H3,(H,28,29). The molecule has 2 rings (SSSR count). The number of hydrogen-bond acceptors (Lipinski definition) is 3. The highest BCUT2D eigenvalue weighted by molar-refractivity contribution is 5.85. The fourth-order valence-electron chi connectivity index (χ4n) is 3.06. The Balaban J connectivity index is 1.93. The lowest BCUT2D eigenvalue weighted by Gasteiger charge is -2.24. The number of amides is 2. The van der Waals surface area contributed by atoms with E-state index in [9.17, 15) is 9.59 Å². The minimum atomic E-state index is -1.21. The molecule has 0 aliphatic rings. The number of carboxylic acid groups (broad SMARTS) is 1. The molecule has 2 aromatic carbocycles. The molecule has 0 saturated carbocycles. The third-order valence-electron chi connectivity index (χ3n) is 4.74. The molecule has 6 heteroatoms. The van der Waals surface area contributed by atoms with Gasteiger partial charge in [-0.25, -0.2) is 4.79 Å². The Hall–Kier alpha value is -3.28. The van der Waals surface area contributed by atoms with Crippen molar-refractivity contribution >= 4 is 12.0 Å². The zero-order valence-corrected chi connectivity index (χ0v) is 17.4. The maximum atomic E-state index is 12.7. The molecule has 0 bridgehead atoms. The number of ether oxygens (including phenoxy) is 1. The quantitative estimate of drug-likeness (QED) is 0.405. The van der Waals surface area contributed by atoms with E-state index in [1.54, 1.807) is 11.9 Å². The molecule has 160 valence electrons. The number of unbranched alkanes of at least 4 members (excludes halogenated alkanes) is 2. The topological polar surface area (TPSA) is 78.9 Å². The highest BCUT2D eigenvalue weighted by atomic mass is 16.5. The summed E-state index contributed by atoms with van der Waals surface area (Å²) in [5.41, 5.74) is 1.93. The summed E-state index contributed by atoms with van der Waals surface area (Å²) in [6.45, 7) is 4.74. The van der Waals surface area contributed by atoms with Gasteiger partial charge in [0.2, 0.25) is 5.91 Å². The maximum Gasteiger partial charge on any atom is 0.405 e. The Morgan fingerprint density at radius 1 is 1.10 bits per heavy atom. The summed E-state index contributed by atoms with van der Waals surface area (Å²) in [5, 5.41) is 11.5. The minimum absolute atomic E-state index is 0.236. The van der Waals surface area contributed by atoms with Crippen LogP contribution in [-0.4, -0.2) is 41.6 Å². The van der Waals surface area contributed by atoms with Crippen LogP contribution in [0.5, 0.6) is 5.75 Å². The van der Waals surface area contributed by atoms with Crippen molar-refractivity contribution in [3.8, 4) is 5.75 Å². The number of nitrogens with one attached hydrogen (secondary N) is 1. The largest absolute Gasteiger partial charge is 0.489 e. The van der Waals surface area contributed by atoms with Gasteiger partial charge in [-0.1, -0.05) is 48.5 Å². The second-order valence-electron chi connectivity index (χ2n) is 7.17. The van der Waals surface area contributed by atoms with Gasteiger partial charge in [0.05, 0.1) is 0 Å². The average Bonchev–Trinajstić information content (AvgIpc) is 2.75. The highest BCUT2D eigenvalue weighted by Crippen LogP contribution is 2.16. The third-order valence-corrected chi connectivity index (χ3v) is 4.74. The van der Waals surface area contributed by atoms with Gasteiger partial charge >= 0.3 is 6.09 Å². The molecule has 0 saturated heterocycles. The van der Waals surface area contributed by atoms with Crippen LogP contribution >= 0.6 is 0 Å². The van der Waals surface area contributed by atoms with E-state index in [4.69, 9.17) is 9.84 Å². The van der Waals surface area contributed by atoms with E-state index in [0.717, 1.165) is 36.1 Å². The average molecular weight is 411 g/mol. The molecule has 0 aliphatic heterocycles. The van der Waals surface area contributed by atoms with Gasteiger partial charge in [-0.3, -0.25) is 4.79 Å². The van der Waals surface area contributed by atoms with Crippen LogP contribution in [0.3, 0.4) is 0 Å². The first-order valence-corrected chi connectivity index (χ1v) is 10.1. The molecule has 1 unspecified atom stereocenters. The Bertz CT molecular complexity index is 806. The molecular weight excluding hydrogens is 380 g/mol. The molecule has 2 N–H and O–H groups in total. The molecular formula is C24H30N2O4. The van der Waals surface area contributed by atoms with Crippen molar-refractivity contribution < 1.29 is 19.4 Å². The second-order valence-corrected chi connectivity index (χ2v) is 7.17. The molecule has 0 fully saturated rings. The van der Waals surface area contributed by atoms with Crippen LogP contribution in [0.2, 0.25) is 0 Å². The molecule has 0 aromatic heterocycles. The van der Waals surface area contributed by atoms with Crippen molar-refractivity contribution in [3.05, 3.63) is 78.4 Å². The van der Waals surface area contributed by atoms with E-state index in [2.05, 4.69) is 11.9 Å². The highest BCUT2D eigenvalue weighted by Gasteiger charge is 2.24. The normalized spacial score (nSPS) is 11.4. The minimum Gasteiger partial charge on any atom is -0.489 e. The van der Waals surface area contributed by atoms with Gasteiger partial charge in [0.15, 0.2) is 0 Å². The first-order valence-electron chi connectivity index (χ1n) is 10.1. The third kappa shape index (κ3) is 7.99. The lowest BCUT2D eigenvalue weighted by atomic mass is 10.0. The molecule has 2 amide bonds. The van der Waals surface area contributed by atoms with Crippen LogP contribution in [0, 0.1) is 0 Å². The number of carbonyl (C=O) groups is 2. The number of carbonyl (C=O) groups excluding carboxylic acids is 1. The maximum absolute atomic E-state index is 12.7. The lowest BCUT2D eigenvalue weighted by molar-refractivity contribution is -0.132. The summed E-state index contributed by atoms with van der Waals surface area (Å²) >= 11 is 0. The number of benzene rings is 2. The van der Waals surface area contributed by atoms with Gasteiger partial charge in [0.1, 0.15) is 18.4 Å². The van der Waals surface area contributed by atoms with E-state index in [-0.39, 0.29) is 12.3 Å². The van der Waals surface area contributed by atoms with Crippen LogP contribution in [0.1, 0.15) is 30.4 Å². The SMILES string of the molecule is C=CCCCCN(C)C(=O)C(Cc1ccc(OCc2ccccc2)cc1)NC(=O)O. The van der Waals surface area contributed by atoms with Crippen LogP contribution in [0.4, 0.5) is 4.79 Å². The van der Waals surface area contributed by atoms with Crippen LogP contribution in [-0.2, 0) is 17.8 Å². The van der Waals surface area contributed by atoms with Crippen molar-refractivity contribution in [3.63, 3.8) is 0 Å². The second kappa shape index (κ2) is 12.3. The summed E-state index contributed by atoms with van der Waals surface area (Å²) in [6.07, 6.45) is 3.61. The van der Waals surface area contributed by atoms with Gasteiger partial charge in [0.25, 0.3) is 0 Å². The van der Waals surface area contributed by atoms with Crippen molar-refractivity contribution in [1.29, 1.82) is 0 Å². The Kier molecular flexibility index (Phi) is 9.45. The predicted octanol–water partition coefficient (Wildman–Crippen LogP) is 4.26. The van der Waals surface area contributed by atoms with E-state index in [1.165, 1.54) is 0 Å². The molecule has 0 aliphatic carbocycles. The van der Waals surface area contributed by atoms with Gasteiger partial charge in [0, 0.05) is 20.0 Å². The van der Waals surface area contributed by atoms with E-state index in [0.29, 0.717) is 13.2 Å². The van der Waals surface area contributed by atoms with Crippen molar-refractivity contribution in [1.82, 2.24) is 10.2 Å². The summed E-state index contributed by atoms with van der Waals surface area (Å²) in [4.78, 5) is 25.5. The first-order chi connectivity index (χ1) is 14.5. The lowest BCUT2D eigenvalue weighted by Crippen LogP contribution is -2.48. The summed E-state index contributed by atoms with van der Waals surface area (Å²) in [5.74, 6) is 0.483. The van der Waals surface area contributed by atoms with Gasteiger partial charge in [-0.2, -0.15) is 0 Å². The molecule has 2 aromatic rings. The zero-order valence-electron chi connectivity index (χ0n) is 17.4. The van der Waals surface area contributed by atoms with Crippen LogP contribution in [0.15, 0.2) is 67.3 Å². The monoisotopic (exact) mass is 410 g/mol. The Morgan fingerprint density at radius 2 is 1.80 bits per heavy atom. The van der Waals surface area contributed by atoms with Gasteiger partial charge < -0.3 is 20.1 Å². The summed E-state index contributed by atoms with van der Waals surface area (Å²) in [6, 6.07) is 16.4. The first kappa shape index (κ1) is 23.0. The number of likely N-dealkylation sites (N-methyl/N-ethyl adjacent to an activating group) is 1. The number of nitrogens with zero attached hydrogens (tertiary/aromatic N) is 1. The van der Waals surface area contributed by atoms with Crippen molar-refractivity contribution in [2.45, 2.75) is 38.3 Å². The zero-order chi connectivity index (χ0) is 21.8. The van der Waals surface area contributed by atoms with Crippen molar-refractivity contribution in [2.75, 3.05) is 13.6 Å². The van der Waals surface area contributed by atoms with Crippen LogP contribution in [0.25, 0.3) is 0 Å². The number of rotatable bonds is 12. The molecule has 1 atom stereocenters. The Morgan fingerprint density at radius 3 is 2.43 bits per heavy atom. The molecule has 6 nitrogen and oxygen atoms in total. The fraction of sp³-hybridized carbons (Fsp3) is 0.333. The van der Waals surface area contributed by atoms with Crippen molar-refractivity contribution in [2.24, 2.45) is 0 Å². The van der Waals surface area contributed by atoms with E-state index in [1.807, 2.05) is 60.7 Å². The van der Waals surface area contributed by atoms with E-state index < -0.39 is 12.1 Å².